The Morgan fingerprint density at radius 2 is 1.74 bits per heavy atom. The van der Waals surface area contributed by atoms with E-state index in [1.165, 1.54) is 5.56 Å². The number of benzene rings is 2. The summed E-state index contributed by atoms with van der Waals surface area (Å²) in [4.78, 5) is 29.6. The monoisotopic (exact) mass is 421 g/mol. The van der Waals surface area contributed by atoms with Crippen LogP contribution < -0.4 is 5.32 Å². The molecule has 0 saturated carbocycles. The molecule has 2 aliphatic heterocycles. The third-order valence-corrected chi connectivity index (χ3v) is 6.35. The van der Waals surface area contributed by atoms with E-state index in [0.717, 1.165) is 44.0 Å². The van der Waals surface area contributed by atoms with Gasteiger partial charge in [-0.2, -0.15) is 0 Å². The molecule has 2 aliphatic rings. The summed E-state index contributed by atoms with van der Waals surface area (Å²) >= 11 is 0. The number of hydrogen-bond donors (Lipinski definition) is 1. The van der Waals surface area contributed by atoms with Crippen LogP contribution in [0.5, 0.6) is 0 Å². The number of morpholine rings is 1. The third-order valence-electron chi connectivity index (χ3n) is 6.35. The number of likely N-dealkylation sites (tertiary alicyclic amines) is 1. The Hall–Kier alpha value is -2.70. The van der Waals surface area contributed by atoms with E-state index in [1.54, 1.807) is 0 Å². The zero-order chi connectivity index (χ0) is 21.6. The summed E-state index contributed by atoms with van der Waals surface area (Å²) < 4.78 is 5.44. The second-order valence-electron chi connectivity index (χ2n) is 8.41. The summed E-state index contributed by atoms with van der Waals surface area (Å²) in [5.41, 5.74) is 3.45. The molecule has 2 saturated heterocycles. The fraction of sp³-hybridized carbons (Fsp3) is 0.440. The molecule has 2 heterocycles. The first kappa shape index (κ1) is 21.5. The molecule has 164 valence electrons. The van der Waals surface area contributed by atoms with Crippen molar-refractivity contribution in [2.24, 2.45) is 5.92 Å². The van der Waals surface area contributed by atoms with Crippen molar-refractivity contribution in [1.29, 1.82) is 0 Å². The largest absolute Gasteiger partial charge is 0.379 e. The Morgan fingerprint density at radius 1 is 1.06 bits per heavy atom. The minimum absolute atomic E-state index is 0.0271. The van der Waals surface area contributed by atoms with Gasteiger partial charge in [0.25, 0.3) is 0 Å². The standard InChI is InChI=1S/C25H31N3O3/c1-19(20-7-3-2-4-8-20)28-18-23(15-24(28)29)25(30)26-16-21-9-5-6-10-22(21)17-27-11-13-31-14-12-27/h2-10,19,23H,11-18H2,1H3,(H,26,30)/t19-,23+/m1/s1. The number of amides is 2. The Labute approximate surface area is 184 Å². The van der Waals surface area contributed by atoms with Crippen molar-refractivity contribution in [2.45, 2.75) is 32.5 Å². The topological polar surface area (TPSA) is 61.9 Å². The first-order chi connectivity index (χ1) is 15.1. The average Bonchev–Trinajstić information content (AvgIpc) is 3.21. The summed E-state index contributed by atoms with van der Waals surface area (Å²) in [6.45, 7) is 7.24. The van der Waals surface area contributed by atoms with Crippen molar-refractivity contribution < 1.29 is 14.3 Å². The lowest BCUT2D eigenvalue weighted by molar-refractivity contribution is -0.130. The van der Waals surface area contributed by atoms with Crippen molar-refractivity contribution in [3.05, 3.63) is 71.3 Å². The zero-order valence-electron chi connectivity index (χ0n) is 18.1. The van der Waals surface area contributed by atoms with Crippen molar-refractivity contribution in [3.8, 4) is 0 Å². The fourth-order valence-corrected chi connectivity index (χ4v) is 4.40. The van der Waals surface area contributed by atoms with E-state index in [9.17, 15) is 9.59 Å². The summed E-state index contributed by atoms with van der Waals surface area (Å²) in [5.74, 6) is -0.299. The highest BCUT2D eigenvalue weighted by atomic mass is 16.5. The number of hydrogen-bond acceptors (Lipinski definition) is 4. The maximum Gasteiger partial charge on any atom is 0.225 e. The van der Waals surface area contributed by atoms with E-state index in [0.29, 0.717) is 13.1 Å². The van der Waals surface area contributed by atoms with E-state index in [2.05, 4.69) is 22.3 Å². The summed E-state index contributed by atoms with van der Waals surface area (Å²) in [7, 11) is 0. The van der Waals surface area contributed by atoms with Crippen LogP contribution in [-0.4, -0.2) is 54.5 Å². The van der Waals surface area contributed by atoms with E-state index >= 15 is 0 Å². The quantitative estimate of drug-likeness (QED) is 0.747. The van der Waals surface area contributed by atoms with Gasteiger partial charge in [-0.25, -0.2) is 0 Å². The van der Waals surface area contributed by atoms with Crippen molar-refractivity contribution in [3.63, 3.8) is 0 Å². The van der Waals surface area contributed by atoms with Gasteiger partial charge < -0.3 is 15.0 Å². The molecule has 6 heteroatoms. The predicted molar refractivity (Wildman–Crippen MR) is 119 cm³/mol. The molecule has 0 aromatic heterocycles. The van der Waals surface area contributed by atoms with E-state index in [4.69, 9.17) is 4.74 Å². The zero-order valence-corrected chi connectivity index (χ0v) is 18.1. The van der Waals surface area contributed by atoms with Gasteiger partial charge in [0.05, 0.1) is 25.2 Å². The van der Waals surface area contributed by atoms with Gasteiger partial charge in [0.2, 0.25) is 11.8 Å². The molecule has 0 bridgehead atoms. The lowest BCUT2D eigenvalue weighted by Gasteiger charge is -2.27. The van der Waals surface area contributed by atoms with Gasteiger partial charge in [-0.15, -0.1) is 0 Å². The first-order valence-corrected chi connectivity index (χ1v) is 11.1. The van der Waals surface area contributed by atoms with Gasteiger partial charge in [0.15, 0.2) is 0 Å². The number of ether oxygens (including phenoxy) is 1. The molecule has 2 atom stereocenters. The Kier molecular flexibility index (Phi) is 6.99. The Balaban J connectivity index is 1.34. The van der Waals surface area contributed by atoms with Gasteiger partial charge in [-0.3, -0.25) is 14.5 Å². The summed E-state index contributed by atoms with van der Waals surface area (Å²) in [6.07, 6.45) is 0.276. The molecule has 1 N–H and O–H groups in total. The highest BCUT2D eigenvalue weighted by Gasteiger charge is 2.36. The lowest BCUT2D eigenvalue weighted by atomic mass is 10.0. The Morgan fingerprint density at radius 3 is 2.48 bits per heavy atom. The smallest absolute Gasteiger partial charge is 0.225 e. The normalized spacial score (nSPS) is 20.6. The van der Waals surface area contributed by atoms with E-state index in [1.807, 2.05) is 54.3 Å². The maximum absolute atomic E-state index is 12.9. The molecule has 4 rings (SSSR count). The van der Waals surface area contributed by atoms with Gasteiger partial charge in [-0.1, -0.05) is 54.6 Å². The van der Waals surface area contributed by atoms with Crippen molar-refractivity contribution in [2.75, 3.05) is 32.8 Å². The van der Waals surface area contributed by atoms with Gasteiger partial charge >= 0.3 is 0 Å². The Bertz CT molecular complexity index is 896. The molecule has 0 unspecified atom stereocenters. The molecular weight excluding hydrogens is 390 g/mol. The molecule has 0 aliphatic carbocycles. The predicted octanol–water partition coefficient (Wildman–Crippen LogP) is 2.74. The van der Waals surface area contributed by atoms with Gasteiger partial charge in [0.1, 0.15) is 0 Å². The molecule has 2 fully saturated rings. The van der Waals surface area contributed by atoms with Crippen LogP contribution in [0.2, 0.25) is 0 Å². The minimum atomic E-state index is -0.301. The molecule has 0 radical (unpaired) electrons. The first-order valence-electron chi connectivity index (χ1n) is 11.1. The van der Waals surface area contributed by atoms with Crippen LogP contribution in [0.3, 0.4) is 0 Å². The summed E-state index contributed by atoms with van der Waals surface area (Å²) in [5, 5.41) is 3.08. The number of rotatable bonds is 7. The van der Waals surface area contributed by atoms with Crippen molar-refractivity contribution >= 4 is 11.8 Å². The lowest BCUT2D eigenvalue weighted by Crippen LogP contribution is -2.36. The van der Waals surface area contributed by atoms with Crippen molar-refractivity contribution in [1.82, 2.24) is 15.1 Å². The van der Waals surface area contributed by atoms with E-state index < -0.39 is 0 Å². The molecule has 6 nitrogen and oxygen atoms in total. The van der Waals surface area contributed by atoms with Crippen LogP contribution in [0.1, 0.15) is 36.1 Å². The third kappa shape index (κ3) is 5.32. The number of carbonyl (C=O) groups excluding carboxylic acids is 2. The summed E-state index contributed by atoms with van der Waals surface area (Å²) in [6, 6.07) is 18.2. The number of nitrogens with zero attached hydrogens (tertiary/aromatic N) is 2. The molecule has 2 aromatic rings. The van der Waals surface area contributed by atoms with Crippen LogP contribution in [0, 0.1) is 5.92 Å². The van der Waals surface area contributed by atoms with Crippen LogP contribution in [0.25, 0.3) is 0 Å². The van der Waals surface area contributed by atoms with E-state index in [-0.39, 0.29) is 30.2 Å². The molecule has 0 spiro atoms. The average molecular weight is 422 g/mol. The van der Waals surface area contributed by atoms with Crippen LogP contribution >= 0.6 is 0 Å². The fourth-order valence-electron chi connectivity index (χ4n) is 4.40. The van der Waals surface area contributed by atoms with Crippen LogP contribution in [0.15, 0.2) is 54.6 Å². The molecule has 31 heavy (non-hydrogen) atoms. The minimum Gasteiger partial charge on any atom is -0.379 e. The molecule has 2 aromatic carbocycles. The maximum atomic E-state index is 12.9. The molecule has 2 amide bonds. The second-order valence-corrected chi connectivity index (χ2v) is 8.41. The van der Waals surface area contributed by atoms with Gasteiger partial charge in [-0.05, 0) is 23.6 Å². The highest BCUT2D eigenvalue weighted by molar-refractivity contribution is 5.89. The number of carbonyl (C=O) groups is 2. The van der Waals surface area contributed by atoms with Crippen LogP contribution in [0.4, 0.5) is 0 Å². The second kappa shape index (κ2) is 10.1. The van der Waals surface area contributed by atoms with Crippen LogP contribution in [-0.2, 0) is 27.4 Å². The number of nitrogens with one attached hydrogen (secondary N) is 1. The van der Waals surface area contributed by atoms with Gasteiger partial charge in [0, 0.05) is 39.1 Å². The molecular formula is C25H31N3O3. The highest BCUT2D eigenvalue weighted by Crippen LogP contribution is 2.28. The SMILES string of the molecule is C[C@H](c1ccccc1)N1C[C@@H](C(=O)NCc2ccccc2CN2CCOCC2)CC1=O.